The van der Waals surface area contributed by atoms with E-state index >= 15 is 0 Å². The van der Waals surface area contributed by atoms with Gasteiger partial charge in [-0.2, -0.15) is 0 Å². The number of hydrogen-bond donors (Lipinski definition) is 5. The van der Waals surface area contributed by atoms with Gasteiger partial charge in [-0.25, -0.2) is 0 Å². The molecular formula is C20H19N5O. The molecule has 7 N–H and O–H groups in total. The van der Waals surface area contributed by atoms with Gasteiger partial charge in [0.1, 0.15) is 23.0 Å². The van der Waals surface area contributed by atoms with Gasteiger partial charge in [0.2, 0.25) is 0 Å². The standard InChI is InChI=1S/C20H19N5O/c21-19(22)13-3-1-11-7-15(25-17(11)9-13)5-6-16-8-12-2-4-14(20(23)24)10-18(12)26-16/h1-4,7-10,25H,5-6H2,(H3,21,22)(H3,23,24). The minimum Gasteiger partial charge on any atom is -0.461 e. The molecule has 0 radical (unpaired) electrons. The lowest BCUT2D eigenvalue weighted by Gasteiger charge is -1.97. The van der Waals surface area contributed by atoms with E-state index < -0.39 is 0 Å². The lowest BCUT2D eigenvalue weighted by atomic mass is 10.1. The van der Waals surface area contributed by atoms with Gasteiger partial charge in [-0.05, 0) is 36.1 Å². The first-order chi connectivity index (χ1) is 12.5. The molecular weight excluding hydrogens is 326 g/mol. The summed E-state index contributed by atoms with van der Waals surface area (Å²) in [6.45, 7) is 0. The minimum atomic E-state index is 0.0351. The van der Waals surface area contributed by atoms with Crippen molar-refractivity contribution >= 4 is 33.5 Å². The van der Waals surface area contributed by atoms with Crippen LogP contribution in [0.2, 0.25) is 0 Å². The molecule has 0 aliphatic carbocycles. The molecule has 6 heteroatoms. The van der Waals surface area contributed by atoms with Gasteiger partial charge >= 0.3 is 0 Å². The molecule has 130 valence electrons. The molecule has 0 fully saturated rings. The zero-order chi connectivity index (χ0) is 18.3. The highest BCUT2D eigenvalue weighted by molar-refractivity contribution is 5.99. The lowest BCUT2D eigenvalue weighted by molar-refractivity contribution is 0.546. The van der Waals surface area contributed by atoms with Crippen molar-refractivity contribution in [3.05, 3.63) is 71.1 Å². The highest BCUT2D eigenvalue weighted by Crippen LogP contribution is 2.23. The number of fused-ring (bicyclic) bond motifs is 2. The smallest absolute Gasteiger partial charge is 0.135 e. The third kappa shape index (κ3) is 2.93. The van der Waals surface area contributed by atoms with Crippen molar-refractivity contribution in [3.8, 4) is 0 Å². The van der Waals surface area contributed by atoms with Crippen LogP contribution in [0.4, 0.5) is 0 Å². The second-order valence-electron chi connectivity index (χ2n) is 6.39. The zero-order valence-corrected chi connectivity index (χ0v) is 14.1. The molecule has 0 unspecified atom stereocenters. The number of hydrogen-bond acceptors (Lipinski definition) is 3. The van der Waals surface area contributed by atoms with Crippen molar-refractivity contribution < 1.29 is 4.42 Å². The first-order valence-electron chi connectivity index (χ1n) is 8.32. The fourth-order valence-corrected chi connectivity index (χ4v) is 3.12. The Morgan fingerprint density at radius 3 is 2.27 bits per heavy atom. The second-order valence-corrected chi connectivity index (χ2v) is 6.39. The molecule has 2 aromatic carbocycles. The summed E-state index contributed by atoms with van der Waals surface area (Å²) in [5.41, 5.74) is 15.3. The normalized spacial score (nSPS) is 11.2. The van der Waals surface area contributed by atoms with Crippen LogP contribution in [0.1, 0.15) is 22.6 Å². The Labute approximate surface area is 149 Å². The van der Waals surface area contributed by atoms with Crippen LogP contribution in [0.15, 0.2) is 52.9 Å². The van der Waals surface area contributed by atoms with Crippen LogP contribution in [0.3, 0.4) is 0 Å². The van der Waals surface area contributed by atoms with Gasteiger partial charge in [0.05, 0.1) is 0 Å². The minimum absolute atomic E-state index is 0.0351. The van der Waals surface area contributed by atoms with Gasteiger partial charge < -0.3 is 20.9 Å². The van der Waals surface area contributed by atoms with Gasteiger partial charge in [0.15, 0.2) is 0 Å². The number of aryl methyl sites for hydroxylation is 2. The third-order valence-corrected chi connectivity index (χ3v) is 4.51. The van der Waals surface area contributed by atoms with Crippen molar-refractivity contribution in [1.29, 1.82) is 10.8 Å². The molecule has 0 saturated heterocycles. The molecule has 4 rings (SSSR count). The van der Waals surface area contributed by atoms with Gasteiger partial charge in [0, 0.05) is 34.1 Å². The molecule has 26 heavy (non-hydrogen) atoms. The monoisotopic (exact) mass is 345 g/mol. The Morgan fingerprint density at radius 1 is 0.846 bits per heavy atom. The highest BCUT2D eigenvalue weighted by Gasteiger charge is 2.08. The number of benzene rings is 2. The number of amidine groups is 2. The summed E-state index contributed by atoms with van der Waals surface area (Å²) < 4.78 is 5.89. The Bertz CT molecular complexity index is 1060. The molecule has 2 aromatic heterocycles. The fourth-order valence-electron chi connectivity index (χ4n) is 3.12. The Kier molecular flexibility index (Phi) is 3.73. The SMILES string of the molecule is N=C(N)c1ccc2cc(CCc3cc4ccc(C(=N)N)cc4o3)[nH]c2c1. The maximum Gasteiger partial charge on any atom is 0.135 e. The summed E-state index contributed by atoms with van der Waals surface area (Å²) in [6.07, 6.45) is 1.57. The maximum absolute atomic E-state index is 7.54. The highest BCUT2D eigenvalue weighted by atomic mass is 16.3. The van der Waals surface area contributed by atoms with E-state index in [1.54, 1.807) is 6.07 Å². The maximum atomic E-state index is 7.54. The van der Waals surface area contributed by atoms with Crippen molar-refractivity contribution in [3.63, 3.8) is 0 Å². The van der Waals surface area contributed by atoms with Crippen molar-refractivity contribution in [2.75, 3.05) is 0 Å². The predicted octanol–water partition coefficient (Wildman–Crippen LogP) is 3.27. The van der Waals surface area contributed by atoms with Gasteiger partial charge in [0.25, 0.3) is 0 Å². The predicted molar refractivity (Wildman–Crippen MR) is 104 cm³/mol. The van der Waals surface area contributed by atoms with E-state index in [4.69, 9.17) is 26.7 Å². The Morgan fingerprint density at radius 2 is 1.54 bits per heavy atom. The molecule has 0 saturated carbocycles. The number of nitrogens with two attached hydrogens (primary N) is 2. The summed E-state index contributed by atoms with van der Waals surface area (Å²) in [4.78, 5) is 3.38. The first-order valence-corrected chi connectivity index (χ1v) is 8.32. The third-order valence-electron chi connectivity index (χ3n) is 4.51. The van der Waals surface area contributed by atoms with Crippen LogP contribution in [-0.2, 0) is 12.8 Å². The Hall–Kier alpha value is -3.54. The number of nitrogens with one attached hydrogen (secondary N) is 3. The van der Waals surface area contributed by atoms with Crippen LogP contribution in [-0.4, -0.2) is 16.7 Å². The van der Waals surface area contributed by atoms with Crippen LogP contribution < -0.4 is 11.5 Å². The summed E-state index contributed by atoms with van der Waals surface area (Å²) in [5, 5.41) is 17.2. The summed E-state index contributed by atoms with van der Waals surface area (Å²) in [6, 6.07) is 15.4. The first kappa shape index (κ1) is 16.0. The number of rotatable bonds is 5. The van der Waals surface area contributed by atoms with Crippen molar-refractivity contribution in [2.45, 2.75) is 12.8 Å². The van der Waals surface area contributed by atoms with Crippen LogP contribution in [0.25, 0.3) is 21.9 Å². The molecule has 2 heterocycles. The van der Waals surface area contributed by atoms with Crippen molar-refractivity contribution in [1.82, 2.24) is 4.98 Å². The lowest BCUT2D eigenvalue weighted by Crippen LogP contribution is -2.10. The van der Waals surface area contributed by atoms with Gasteiger partial charge in [-0.1, -0.05) is 24.3 Å². The topological polar surface area (TPSA) is 129 Å². The zero-order valence-electron chi connectivity index (χ0n) is 14.1. The molecule has 0 atom stereocenters. The Balaban J connectivity index is 1.54. The largest absolute Gasteiger partial charge is 0.461 e. The molecule has 0 bridgehead atoms. The molecule has 6 nitrogen and oxygen atoms in total. The van der Waals surface area contributed by atoms with Crippen molar-refractivity contribution in [2.24, 2.45) is 11.5 Å². The molecule has 0 aliphatic rings. The average molecular weight is 345 g/mol. The number of nitrogen functional groups attached to an aromatic ring is 2. The molecule has 0 amide bonds. The molecule has 0 aliphatic heterocycles. The van der Waals surface area contributed by atoms with E-state index in [0.29, 0.717) is 11.1 Å². The molecule has 0 spiro atoms. The summed E-state index contributed by atoms with van der Waals surface area (Å²) >= 11 is 0. The number of furan rings is 1. The summed E-state index contributed by atoms with van der Waals surface area (Å²) in [5.74, 6) is 0.992. The quantitative estimate of drug-likeness (QED) is 0.281. The second kappa shape index (κ2) is 6.07. The van der Waals surface area contributed by atoms with E-state index in [1.807, 2.05) is 36.4 Å². The van der Waals surface area contributed by atoms with Gasteiger partial charge in [-0.3, -0.25) is 10.8 Å². The van der Waals surface area contributed by atoms with Crippen LogP contribution >= 0.6 is 0 Å². The van der Waals surface area contributed by atoms with E-state index in [1.165, 1.54) is 0 Å². The van der Waals surface area contributed by atoms with E-state index in [2.05, 4.69) is 11.1 Å². The van der Waals surface area contributed by atoms with E-state index in [0.717, 1.165) is 46.2 Å². The number of aromatic amines is 1. The number of H-pyrrole nitrogens is 1. The van der Waals surface area contributed by atoms with Crippen LogP contribution in [0.5, 0.6) is 0 Å². The van der Waals surface area contributed by atoms with E-state index in [-0.39, 0.29) is 11.7 Å². The van der Waals surface area contributed by atoms with E-state index in [9.17, 15) is 0 Å². The average Bonchev–Trinajstić information content (AvgIpc) is 3.21. The van der Waals surface area contributed by atoms with Gasteiger partial charge in [-0.15, -0.1) is 0 Å². The fraction of sp³-hybridized carbons (Fsp3) is 0.100. The van der Waals surface area contributed by atoms with Crippen LogP contribution in [0, 0.1) is 10.8 Å². The summed E-state index contributed by atoms with van der Waals surface area (Å²) in [7, 11) is 0. The number of aromatic nitrogens is 1. The molecule has 4 aromatic rings.